The van der Waals surface area contributed by atoms with Crippen molar-refractivity contribution in [1.82, 2.24) is 19.9 Å². The Morgan fingerprint density at radius 3 is 1.05 bits per heavy atom. The highest BCUT2D eigenvalue weighted by Crippen LogP contribution is 2.43. The lowest BCUT2D eigenvalue weighted by Gasteiger charge is -2.10. The molecule has 0 unspecified atom stereocenters. The molecular formula is C87H90N8O4+4. The third kappa shape index (κ3) is 12.2. The van der Waals surface area contributed by atoms with Crippen LogP contribution in [-0.2, 0) is 28.2 Å². The minimum atomic E-state index is 0.483. The Kier molecular flexibility index (Phi) is 17.5. The van der Waals surface area contributed by atoms with E-state index in [1.165, 1.54) is 99.9 Å². The SMILES string of the molecule is Cc1ccc(-c2c(C)cc(C)c3c2oc2nc(C)ccc23)[n+](C)c1.Cc1ccc2c(n1)oc1c(-c3cc(C(C)C)cc[n+]3C)c(C)cc(C)c12.Cc1ccc2c(n1)oc1c(-c3cc(C)c(C)c[n+]3C)c(C)cc(C)c12.Cc1ccc2c(n1)oc1c(-c3cc(C)c(C)c[n+]3C)c(C)ccc12. The Morgan fingerprint density at radius 1 is 0.283 bits per heavy atom. The minimum absolute atomic E-state index is 0.483. The van der Waals surface area contributed by atoms with Gasteiger partial charge < -0.3 is 17.7 Å². The van der Waals surface area contributed by atoms with Gasteiger partial charge in [0.15, 0.2) is 47.1 Å². The fourth-order valence-electron chi connectivity index (χ4n) is 14.5. The number of hydrogen-bond acceptors (Lipinski definition) is 8. The van der Waals surface area contributed by atoms with Crippen molar-refractivity contribution >= 4 is 88.3 Å². The Morgan fingerprint density at radius 2 is 0.636 bits per heavy atom. The number of aromatic nitrogens is 8. The number of pyridine rings is 8. The maximum atomic E-state index is 6.31. The van der Waals surface area contributed by atoms with Crippen molar-refractivity contribution in [3.05, 3.63) is 235 Å². The first-order valence-electron chi connectivity index (χ1n) is 34.2. The van der Waals surface area contributed by atoms with Crippen LogP contribution in [0.15, 0.2) is 158 Å². The van der Waals surface area contributed by atoms with E-state index in [4.69, 9.17) is 17.7 Å². The van der Waals surface area contributed by atoms with Gasteiger partial charge in [0, 0.05) is 113 Å². The Hall–Kier alpha value is -10.7. The van der Waals surface area contributed by atoms with Crippen molar-refractivity contribution in [3.63, 3.8) is 0 Å². The molecular weight excluding hydrogens is 1220 g/mol. The predicted molar refractivity (Wildman–Crippen MR) is 402 cm³/mol. The molecule has 0 radical (unpaired) electrons. The molecule has 0 amide bonds. The molecule has 0 bridgehead atoms. The maximum absolute atomic E-state index is 6.31. The van der Waals surface area contributed by atoms with Crippen LogP contribution in [0.5, 0.6) is 0 Å². The standard InChI is InChI=1S/C23H25N2O.C22H23N2O.2C21H21N2O/c1-13(2)17-9-10-25(6)19(12-17)21-15(4)11-14(3)20-18-8-7-16(5)24-23(18)26-22(20)21;1-12-10-18(24(6)11-15(12)4)20-14(3)9-13(2)19-17-8-7-16(5)23-22(17)25-21(19)20;1-12-6-9-17(23(5)11-12)19-14(3)10-13(2)18-16-8-7-15(4)22-21(16)24-20(18)19;1-12-6-8-16-17-9-7-15(4)22-21(17)24-20(16)19(12)18-10-13(2)14(3)11-23(18)5/h7-13H,1-6H3;7-11H,1-6H3;2*6-11H,1-5H3/q4*+1. The van der Waals surface area contributed by atoms with Gasteiger partial charge >= 0.3 is 0 Å². The number of fused-ring (bicyclic) bond motifs is 12. The molecule has 0 spiro atoms. The lowest BCUT2D eigenvalue weighted by molar-refractivity contribution is -0.660. The van der Waals surface area contributed by atoms with Crippen molar-refractivity contribution in [2.24, 2.45) is 28.2 Å². The molecule has 4 aromatic carbocycles. The first-order chi connectivity index (χ1) is 47.1. The third-order valence-corrected chi connectivity index (χ3v) is 19.9. The zero-order chi connectivity index (χ0) is 70.5. The fourth-order valence-corrected chi connectivity index (χ4v) is 14.5. The summed E-state index contributed by atoms with van der Waals surface area (Å²) in [6.07, 6.45) is 8.64. The molecule has 99 heavy (non-hydrogen) atoms. The highest BCUT2D eigenvalue weighted by molar-refractivity contribution is 6.13. The van der Waals surface area contributed by atoms with Crippen molar-refractivity contribution in [3.8, 4) is 45.0 Å². The smallest absolute Gasteiger partial charge is 0.227 e. The minimum Gasteiger partial charge on any atom is -0.437 e. The van der Waals surface area contributed by atoms with E-state index in [1.54, 1.807) is 0 Å². The summed E-state index contributed by atoms with van der Waals surface area (Å²) in [4.78, 5) is 18.4. The number of aryl methyl sites for hydroxylation is 20. The highest BCUT2D eigenvalue weighted by Gasteiger charge is 2.28. The fraction of sp³-hybridized carbons (Fsp3) is 0.264. The third-order valence-electron chi connectivity index (χ3n) is 19.9. The molecule has 0 saturated carbocycles. The second kappa shape index (κ2) is 25.9. The van der Waals surface area contributed by atoms with Gasteiger partial charge in [-0.25, -0.2) is 38.2 Å². The average molecular weight is 1310 g/mol. The van der Waals surface area contributed by atoms with E-state index in [2.05, 4.69) is 285 Å². The number of benzene rings is 4. The van der Waals surface area contributed by atoms with E-state index < -0.39 is 0 Å². The molecule has 12 nitrogen and oxygen atoms in total. The van der Waals surface area contributed by atoms with Crippen molar-refractivity contribution in [2.75, 3.05) is 0 Å². The van der Waals surface area contributed by atoms with Crippen molar-refractivity contribution in [1.29, 1.82) is 0 Å². The average Bonchev–Trinajstić information content (AvgIpc) is 1.65. The normalized spacial score (nSPS) is 11.6. The molecule has 0 atom stereocenters. The summed E-state index contributed by atoms with van der Waals surface area (Å²) < 4.78 is 33.7. The first kappa shape index (κ1) is 66.9. The molecule has 12 heterocycles. The van der Waals surface area contributed by atoms with Crippen molar-refractivity contribution in [2.45, 2.75) is 131 Å². The van der Waals surface area contributed by atoms with Crippen molar-refractivity contribution < 1.29 is 35.9 Å². The largest absolute Gasteiger partial charge is 0.437 e. The molecule has 0 saturated heterocycles. The zero-order valence-corrected chi connectivity index (χ0v) is 61.6. The zero-order valence-electron chi connectivity index (χ0n) is 61.6. The topological polar surface area (TPSA) is 120 Å². The number of furan rings is 4. The second-order valence-corrected chi connectivity index (χ2v) is 28.1. The van der Waals surface area contributed by atoms with E-state index in [-0.39, 0.29) is 0 Å². The monoisotopic (exact) mass is 1310 g/mol. The number of hydrogen-bond donors (Lipinski definition) is 0. The molecule has 12 heteroatoms. The molecule has 0 aliphatic rings. The summed E-state index contributed by atoms with van der Waals surface area (Å²) in [5, 5.41) is 8.96. The summed E-state index contributed by atoms with van der Waals surface area (Å²) in [5.74, 6) is 0.483. The van der Waals surface area contributed by atoms with Gasteiger partial charge in [0.1, 0.15) is 28.2 Å². The van der Waals surface area contributed by atoms with Crippen LogP contribution >= 0.6 is 0 Å². The van der Waals surface area contributed by atoms with Gasteiger partial charge in [-0.05, 0) is 227 Å². The van der Waals surface area contributed by atoms with Crippen LogP contribution in [0.2, 0.25) is 0 Å². The molecule has 498 valence electrons. The van der Waals surface area contributed by atoms with Crippen LogP contribution in [-0.4, -0.2) is 19.9 Å². The molecule has 16 rings (SSSR count). The quantitative estimate of drug-likeness (QED) is 0.156. The van der Waals surface area contributed by atoms with Gasteiger partial charge in [-0.15, -0.1) is 0 Å². The lowest BCUT2D eigenvalue weighted by atomic mass is 9.95. The van der Waals surface area contributed by atoms with Gasteiger partial charge in [-0.1, -0.05) is 44.2 Å². The van der Waals surface area contributed by atoms with Gasteiger partial charge in [0.2, 0.25) is 45.6 Å². The predicted octanol–water partition coefficient (Wildman–Crippen LogP) is 19.9. The molecule has 0 aliphatic carbocycles. The summed E-state index contributed by atoms with van der Waals surface area (Å²) >= 11 is 0. The van der Waals surface area contributed by atoms with Crippen LogP contribution < -0.4 is 18.3 Å². The van der Waals surface area contributed by atoms with Crippen LogP contribution in [0.25, 0.3) is 133 Å². The van der Waals surface area contributed by atoms with Crippen LogP contribution in [0, 0.1) is 111 Å². The van der Waals surface area contributed by atoms with E-state index in [0.29, 0.717) is 11.6 Å². The number of rotatable bonds is 5. The van der Waals surface area contributed by atoms with E-state index in [0.717, 1.165) is 123 Å². The van der Waals surface area contributed by atoms with Gasteiger partial charge in [0.25, 0.3) is 0 Å². The molecule has 0 N–H and O–H groups in total. The van der Waals surface area contributed by atoms with E-state index in [9.17, 15) is 0 Å². The van der Waals surface area contributed by atoms with Gasteiger partial charge in [0.05, 0.1) is 22.3 Å². The molecule has 12 aromatic heterocycles. The van der Waals surface area contributed by atoms with Crippen LogP contribution in [0.4, 0.5) is 0 Å². The van der Waals surface area contributed by atoms with Gasteiger partial charge in [-0.3, -0.25) is 0 Å². The summed E-state index contributed by atoms with van der Waals surface area (Å²) in [5.41, 5.74) is 36.0. The molecule has 16 aromatic rings. The maximum Gasteiger partial charge on any atom is 0.227 e. The Labute approximate surface area is 579 Å². The molecule has 0 aliphatic heterocycles. The second-order valence-electron chi connectivity index (χ2n) is 28.1. The van der Waals surface area contributed by atoms with E-state index in [1.807, 2.05) is 45.9 Å². The number of nitrogens with zero attached hydrogens (tertiary/aromatic N) is 8. The first-order valence-corrected chi connectivity index (χ1v) is 34.2. The van der Waals surface area contributed by atoms with E-state index >= 15 is 0 Å². The Bertz CT molecular complexity index is 5970. The summed E-state index contributed by atoms with van der Waals surface area (Å²) in [6.45, 7) is 38.2. The summed E-state index contributed by atoms with van der Waals surface area (Å²) in [6, 6.07) is 41.0. The summed E-state index contributed by atoms with van der Waals surface area (Å²) in [7, 11) is 8.36. The lowest BCUT2D eigenvalue weighted by Crippen LogP contribution is -2.31. The van der Waals surface area contributed by atoms with Crippen LogP contribution in [0.3, 0.4) is 0 Å². The Balaban J connectivity index is 0.000000119. The van der Waals surface area contributed by atoms with Crippen LogP contribution in [0.1, 0.15) is 115 Å². The highest BCUT2D eigenvalue weighted by atomic mass is 16.4. The molecule has 0 fully saturated rings. The van der Waals surface area contributed by atoms with Gasteiger partial charge in [-0.2, -0.15) is 0 Å².